The SMILES string of the molecule is Cc1nnc(NC(=O)NC2CCCCNC2=O)s1. The van der Waals surface area contributed by atoms with Gasteiger partial charge in [-0.1, -0.05) is 11.3 Å². The second kappa shape index (κ2) is 5.76. The third-order valence-corrected chi connectivity index (χ3v) is 3.34. The Morgan fingerprint density at radius 1 is 1.44 bits per heavy atom. The van der Waals surface area contributed by atoms with Crippen molar-refractivity contribution < 1.29 is 9.59 Å². The Balaban J connectivity index is 1.88. The van der Waals surface area contributed by atoms with Crippen LogP contribution in [0.15, 0.2) is 0 Å². The fourth-order valence-corrected chi connectivity index (χ4v) is 2.30. The highest BCUT2D eigenvalue weighted by atomic mass is 32.1. The Morgan fingerprint density at radius 2 is 2.28 bits per heavy atom. The number of anilines is 1. The summed E-state index contributed by atoms with van der Waals surface area (Å²) in [7, 11) is 0. The monoisotopic (exact) mass is 269 g/mol. The van der Waals surface area contributed by atoms with E-state index < -0.39 is 12.1 Å². The highest BCUT2D eigenvalue weighted by Crippen LogP contribution is 2.13. The number of nitrogens with one attached hydrogen (secondary N) is 3. The topological polar surface area (TPSA) is 96.0 Å². The van der Waals surface area contributed by atoms with Crippen LogP contribution in [0.2, 0.25) is 0 Å². The summed E-state index contributed by atoms with van der Waals surface area (Å²) in [6.45, 7) is 2.48. The van der Waals surface area contributed by atoms with Crippen molar-refractivity contribution in [3.05, 3.63) is 5.01 Å². The number of carbonyl (C=O) groups excluding carboxylic acids is 2. The average Bonchev–Trinajstić information content (AvgIpc) is 2.61. The minimum atomic E-state index is -0.471. The van der Waals surface area contributed by atoms with Gasteiger partial charge in [0.1, 0.15) is 11.0 Å². The summed E-state index contributed by atoms with van der Waals surface area (Å²) in [5.74, 6) is -0.129. The molecule has 1 atom stereocenters. The van der Waals surface area contributed by atoms with Crippen molar-refractivity contribution in [2.45, 2.75) is 32.2 Å². The molecule has 1 fully saturated rings. The third kappa shape index (κ3) is 3.39. The van der Waals surface area contributed by atoms with Crippen LogP contribution in [0.4, 0.5) is 9.93 Å². The van der Waals surface area contributed by atoms with Gasteiger partial charge in [0.05, 0.1) is 0 Å². The minimum Gasteiger partial charge on any atom is -0.354 e. The van der Waals surface area contributed by atoms with E-state index >= 15 is 0 Å². The quantitative estimate of drug-likeness (QED) is 0.734. The zero-order valence-corrected chi connectivity index (χ0v) is 10.8. The maximum Gasteiger partial charge on any atom is 0.321 e. The molecule has 2 heterocycles. The van der Waals surface area contributed by atoms with Crippen molar-refractivity contribution >= 4 is 28.4 Å². The molecule has 0 radical (unpaired) electrons. The van der Waals surface area contributed by atoms with Crippen molar-refractivity contribution in [2.24, 2.45) is 0 Å². The molecule has 18 heavy (non-hydrogen) atoms. The van der Waals surface area contributed by atoms with Gasteiger partial charge in [0, 0.05) is 6.54 Å². The number of rotatable bonds is 2. The van der Waals surface area contributed by atoms with Crippen LogP contribution in [0.3, 0.4) is 0 Å². The molecule has 2 rings (SSSR count). The second-order valence-corrected chi connectivity index (χ2v) is 5.25. The molecular formula is C10H15N5O2S. The zero-order chi connectivity index (χ0) is 13.0. The van der Waals surface area contributed by atoms with Gasteiger partial charge in [-0.05, 0) is 26.2 Å². The molecule has 1 saturated heterocycles. The third-order valence-electron chi connectivity index (χ3n) is 2.59. The number of nitrogens with zero attached hydrogens (tertiary/aromatic N) is 2. The Hall–Kier alpha value is -1.70. The fourth-order valence-electron chi connectivity index (χ4n) is 1.72. The van der Waals surface area contributed by atoms with Crippen LogP contribution in [0.1, 0.15) is 24.3 Å². The van der Waals surface area contributed by atoms with Crippen molar-refractivity contribution in [1.29, 1.82) is 0 Å². The summed E-state index contributed by atoms with van der Waals surface area (Å²) < 4.78 is 0. The maximum absolute atomic E-state index is 11.7. The zero-order valence-electron chi connectivity index (χ0n) is 10.0. The molecule has 0 spiro atoms. The van der Waals surface area contributed by atoms with Crippen molar-refractivity contribution in [1.82, 2.24) is 20.8 Å². The smallest absolute Gasteiger partial charge is 0.321 e. The van der Waals surface area contributed by atoms with Crippen LogP contribution in [0.25, 0.3) is 0 Å². The minimum absolute atomic E-state index is 0.129. The van der Waals surface area contributed by atoms with Crippen LogP contribution in [-0.2, 0) is 4.79 Å². The standard InChI is InChI=1S/C10H15N5O2S/c1-6-14-15-10(18-6)13-9(17)12-7-4-2-3-5-11-8(7)16/h7H,2-5H2,1H3,(H,11,16)(H2,12,13,15,17). The van der Waals surface area contributed by atoms with Gasteiger partial charge in [-0.2, -0.15) is 0 Å². The first-order valence-electron chi connectivity index (χ1n) is 5.80. The molecule has 0 aliphatic carbocycles. The molecule has 1 aliphatic heterocycles. The molecule has 1 aliphatic rings. The molecule has 1 aromatic rings. The van der Waals surface area contributed by atoms with Gasteiger partial charge in [-0.15, -0.1) is 10.2 Å². The summed E-state index contributed by atoms with van der Waals surface area (Å²) in [5, 5.41) is 16.8. The normalized spacial score (nSPS) is 19.8. The Kier molecular flexibility index (Phi) is 4.08. The van der Waals surface area contributed by atoms with Crippen molar-refractivity contribution in [3.63, 3.8) is 0 Å². The summed E-state index contributed by atoms with van der Waals surface area (Å²) >= 11 is 1.29. The Bertz CT molecular complexity index is 447. The van der Waals surface area contributed by atoms with E-state index in [1.54, 1.807) is 6.92 Å². The molecule has 7 nitrogen and oxygen atoms in total. The van der Waals surface area contributed by atoms with Crippen LogP contribution < -0.4 is 16.0 Å². The van der Waals surface area contributed by atoms with E-state index in [1.165, 1.54) is 11.3 Å². The van der Waals surface area contributed by atoms with E-state index in [9.17, 15) is 9.59 Å². The number of aromatic nitrogens is 2. The summed E-state index contributed by atoms with van der Waals surface area (Å²) in [6, 6.07) is -0.894. The largest absolute Gasteiger partial charge is 0.354 e. The highest BCUT2D eigenvalue weighted by Gasteiger charge is 2.22. The first kappa shape index (κ1) is 12.7. The number of aryl methyl sites for hydroxylation is 1. The number of amides is 3. The number of hydrogen-bond acceptors (Lipinski definition) is 5. The molecule has 8 heteroatoms. The van der Waals surface area contributed by atoms with Gasteiger partial charge < -0.3 is 10.6 Å². The summed E-state index contributed by atoms with van der Waals surface area (Å²) in [6.07, 6.45) is 2.52. The van der Waals surface area contributed by atoms with Crippen LogP contribution in [0, 0.1) is 6.92 Å². The Labute approximate surface area is 108 Å². The lowest BCUT2D eigenvalue weighted by Gasteiger charge is -2.14. The van der Waals surface area contributed by atoms with Gasteiger partial charge in [0.25, 0.3) is 0 Å². The van der Waals surface area contributed by atoms with E-state index in [4.69, 9.17) is 0 Å². The average molecular weight is 269 g/mol. The van der Waals surface area contributed by atoms with Crippen LogP contribution in [0.5, 0.6) is 0 Å². The molecule has 1 unspecified atom stereocenters. The highest BCUT2D eigenvalue weighted by molar-refractivity contribution is 7.15. The van der Waals surface area contributed by atoms with E-state index in [0.29, 0.717) is 18.1 Å². The van der Waals surface area contributed by atoms with Crippen molar-refractivity contribution in [2.75, 3.05) is 11.9 Å². The first-order valence-corrected chi connectivity index (χ1v) is 6.62. The lowest BCUT2D eigenvalue weighted by molar-refractivity contribution is -0.122. The maximum atomic E-state index is 11.7. The van der Waals surface area contributed by atoms with Gasteiger partial charge in [0.15, 0.2) is 0 Å². The van der Waals surface area contributed by atoms with Gasteiger partial charge in [0.2, 0.25) is 11.0 Å². The molecule has 0 aromatic carbocycles. The van der Waals surface area contributed by atoms with Gasteiger partial charge >= 0.3 is 6.03 Å². The molecule has 3 N–H and O–H groups in total. The predicted octanol–water partition coefficient (Wildman–Crippen LogP) is 0.637. The van der Waals surface area contributed by atoms with E-state index in [1.807, 2.05) is 0 Å². The van der Waals surface area contributed by atoms with Gasteiger partial charge in [-0.25, -0.2) is 4.79 Å². The van der Waals surface area contributed by atoms with Gasteiger partial charge in [-0.3, -0.25) is 10.1 Å². The summed E-state index contributed by atoms with van der Waals surface area (Å²) in [5.41, 5.74) is 0. The lowest BCUT2D eigenvalue weighted by Crippen LogP contribution is -2.46. The number of hydrogen-bond donors (Lipinski definition) is 3. The predicted molar refractivity (Wildman–Crippen MR) is 67.4 cm³/mol. The molecule has 3 amide bonds. The summed E-state index contributed by atoms with van der Waals surface area (Å²) in [4.78, 5) is 23.3. The second-order valence-electron chi connectivity index (χ2n) is 4.06. The first-order chi connectivity index (χ1) is 8.65. The van der Waals surface area contributed by atoms with Crippen LogP contribution in [-0.4, -0.2) is 34.7 Å². The number of carbonyl (C=O) groups is 2. The molecule has 98 valence electrons. The lowest BCUT2D eigenvalue weighted by atomic mass is 10.1. The molecule has 0 bridgehead atoms. The molecule has 1 aromatic heterocycles. The molecule has 0 saturated carbocycles. The van der Waals surface area contributed by atoms with E-state index in [-0.39, 0.29) is 5.91 Å². The molecular weight excluding hydrogens is 254 g/mol. The Morgan fingerprint density at radius 3 is 3.00 bits per heavy atom. The van der Waals surface area contributed by atoms with Crippen LogP contribution >= 0.6 is 11.3 Å². The van der Waals surface area contributed by atoms with Crippen molar-refractivity contribution in [3.8, 4) is 0 Å². The fraction of sp³-hybridized carbons (Fsp3) is 0.600. The van der Waals surface area contributed by atoms with E-state index in [2.05, 4.69) is 26.1 Å². The number of urea groups is 1. The van der Waals surface area contributed by atoms with E-state index in [0.717, 1.165) is 17.8 Å².